The molecule has 0 aliphatic carbocycles. The molecule has 0 saturated carbocycles. The number of carbonyl (C=O) groups excluding carboxylic acids is 1. The number of rotatable bonds is 3. The summed E-state index contributed by atoms with van der Waals surface area (Å²) < 4.78 is 5.05. The molecule has 0 bridgehead atoms. The van der Waals surface area contributed by atoms with E-state index < -0.39 is 18.0 Å². The van der Waals surface area contributed by atoms with Crippen LogP contribution in [0.25, 0.3) is 0 Å². The number of ether oxygens (including phenoxy) is 1. The van der Waals surface area contributed by atoms with Crippen LogP contribution < -0.4 is 10.1 Å². The molecule has 0 aromatic heterocycles. The van der Waals surface area contributed by atoms with Crippen LogP contribution in [0.15, 0.2) is 18.2 Å². The average molecular weight is 317 g/mol. The third-order valence-electron chi connectivity index (χ3n) is 2.84. The molecule has 1 aliphatic rings. The van der Waals surface area contributed by atoms with E-state index >= 15 is 0 Å². The lowest BCUT2D eigenvalue weighted by atomic mass is 10.3. The van der Waals surface area contributed by atoms with Gasteiger partial charge >= 0.3 is 12.0 Å². The molecule has 2 rings (SSSR count). The van der Waals surface area contributed by atoms with Crippen molar-refractivity contribution >= 4 is 41.1 Å². The summed E-state index contributed by atoms with van der Waals surface area (Å²) >= 11 is 7.39. The molecule has 1 unspecified atom stereocenters. The maximum atomic E-state index is 12.1. The van der Waals surface area contributed by atoms with Gasteiger partial charge in [0.25, 0.3) is 0 Å². The zero-order chi connectivity index (χ0) is 14.7. The molecule has 0 spiro atoms. The molecule has 2 N–H and O–H groups in total. The van der Waals surface area contributed by atoms with Gasteiger partial charge in [-0.15, -0.1) is 11.8 Å². The van der Waals surface area contributed by atoms with Gasteiger partial charge in [0.1, 0.15) is 11.8 Å². The van der Waals surface area contributed by atoms with E-state index in [1.165, 1.54) is 23.8 Å². The average Bonchev–Trinajstić information content (AvgIpc) is 2.90. The fourth-order valence-corrected chi connectivity index (χ4v) is 3.07. The Hall–Kier alpha value is -1.60. The van der Waals surface area contributed by atoms with Crippen molar-refractivity contribution < 1.29 is 19.4 Å². The Morgan fingerprint density at radius 1 is 1.55 bits per heavy atom. The molecule has 0 radical (unpaired) electrons. The second-order valence-corrected chi connectivity index (χ2v) is 5.51. The van der Waals surface area contributed by atoms with Crippen molar-refractivity contribution in [1.82, 2.24) is 4.90 Å². The molecule has 1 aromatic carbocycles. The molecule has 108 valence electrons. The SMILES string of the molecule is COc1ccc(Cl)c(NC(=O)N2CSCC2C(=O)O)c1. The maximum absolute atomic E-state index is 12.1. The van der Waals surface area contributed by atoms with Crippen molar-refractivity contribution in [3.05, 3.63) is 23.2 Å². The quantitative estimate of drug-likeness (QED) is 0.895. The minimum atomic E-state index is -1.01. The number of methoxy groups -OCH3 is 1. The predicted molar refractivity (Wildman–Crippen MR) is 77.6 cm³/mol. The molecule has 20 heavy (non-hydrogen) atoms. The first-order valence-electron chi connectivity index (χ1n) is 5.74. The van der Waals surface area contributed by atoms with Gasteiger partial charge in [-0.1, -0.05) is 11.6 Å². The lowest BCUT2D eigenvalue weighted by Gasteiger charge is -2.21. The molecule has 2 amide bonds. The van der Waals surface area contributed by atoms with Crippen LogP contribution in [0, 0.1) is 0 Å². The number of carboxylic acid groups (broad SMARTS) is 1. The van der Waals surface area contributed by atoms with Crippen LogP contribution in [0.2, 0.25) is 5.02 Å². The van der Waals surface area contributed by atoms with Gasteiger partial charge in [-0.25, -0.2) is 9.59 Å². The van der Waals surface area contributed by atoms with Gasteiger partial charge in [-0.05, 0) is 12.1 Å². The van der Waals surface area contributed by atoms with E-state index in [4.69, 9.17) is 21.4 Å². The van der Waals surface area contributed by atoms with Crippen molar-refractivity contribution in [2.45, 2.75) is 6.04 Å². The normalized spacial score (nSPS) is 17.9. The van der Waals surface area contributed by atoms with Crippen molar-refractivity contribution in [3.8, 4) is 5.75 Å². The van der Waals surface area contributed by atoms with Crippen LogP contribution in [0.1, 0.15) is 0 Å². The van der Waals surface area contributed by atoms with E-state index in [9.17, 15) is 9.59 Å². The monoisotopic (exact) mass is 316 g/mol. The van der Waals surface area contributed by atoms with Crippen LogP contribution in [-0.2, 0) is 4.79 Å². The highest BCUT2D eigenvalue weighted by atomic mass is 35.5. The number of halogens is 1. The lowest BCUT2D eigenvalue weighted by molar-refractivity contribution is -0.140. The van der Waals surface area contributed by atoms with Crippen LogP contribution in [0.3, 0.4) is 0 Å². The lowest BCUT2D eigenvalue weighted by Crippen LogP contribution is -2.44. The standard InChI is InChI=1S/C12H13ClN2O4S/c1-19-7-2-3-8(13)9(4-7)14-12(18)15-6-20-5-10(15)11(16)17/h2-4,10H,5-6H2,1H3,(H,14,18)(H,16,17). The molecule has 1 saturated heterocycles. The van der Waals surface area contributed by atoms with Crippen molar-refractivity contribution in [3.63, 3.8) is 0 Å². The fraction of sp³-hybridized carbons (Fsp3) is 0.333. The number of thioether (sulfide) groups is 1. The summed E-state index contributed by atoms with van der Waals surface area (Å²) in [4.78, 5) is 24.4. The molecule has 1 aromatic rings. The van der Waals surface area contributed by atoms with Crippen LogP contribution in [0.5, 0.6) is 5.75 Å². The molecular weight excluding hydrogens is 304 g/mol. The molecule has 1 fully saturated rings. The van der Waals surface area contributed by atoms with Crippen LogP contribution >= 0.6 is 23.4 Å². The van der Waals surface area contributed by atoms with E-state index in [1.807, 2.05) is 0 Å². The number of amides is 2. The third kappa shape index (κ3) is 3.10. The summed E-state index contributed by atoms with van der Waals surface area (Å²) in [6.07, 6.45) is 0. The topological polar surface area (TPSA) is 78.9 Å². The number of hydrogen-bond donors (Lipinski definition) is 2. The second-order valence-electron chi connectivity index (χ2n) is 4.10. The summed E-state index contributed by atoms with van der Waals surface area (Å²) in [6.45, 7) is 0. The molecule has 1 heterocycles. The second kappa shape index (κ2) is 6.23. The summed E-state index contributed by atoms with van der Waals surface area (Å²) in [5, 5.41) is 12.0. The smallest absolute Gasteiger partial charge is 0.327 e. The maximum Gasteiger partial charge on any atom is 0.327 e. The molecule has 6 nitrogen and oxygen atoms in total. The highest BCUT2D eigenvalue weighted by molar-refractivity contribution is 7.99. The van der Waals surface area contributed by atoms with Gasteiger partial charge in [0.15, 0.2) is 0 Å². The Morgan fingerprint density at radius 2 is 2.30 bits per heavy atom. The Kier molecular flexibility index (Phi) is 4.61. The number of carbonyl (C=O) groups is 2. The zero-order valence-electron chi connectivity index (χ0n) is 10.6. The molecule has 1 atom stereocenters. The van der Waals surface area contributed by atoms with Gasteiger partial charge in [0, 0.05) is 11.8 Å². The van der Waals surface area contributed by atoms with Crippen molar-refractivity contribution in [2.24, 2.45) is 0 Å². The van der Waals surface area contributed by atoms with Crippen molar-refractivity contribution in [2.75, 3.05) is 24.1 Å². The van der Waals surface area contributed by atoms with Gasteiger partial charge < -0.3 is 20.1 Å². The van der Waals surface area contributed by atoms with Gasteiger partial charge in [-0.3, -0.25) is 0 Å². The first kappa shape index (κ1) is 14.8. The highest BCUT2D eigenvalue weighted by Crippen LogP contribution is 2.28. The number of nitrogens with one attached hydrogen (secondary N) is 1. The molecule has 1 aliphatic heterocycles. The number of hydrogen-bond acceptors (Lipinski definition) is 4. The van der Waals surface area contributed by atoms with Gasteiger partial charge in [0.2, 0.25) is 0 Å². The Bertz CT molecular complexity index is 540. The minimum absolute atomic E-state index is 0.338. The number of aliphatic carboxylic acids is 1. The number of nitrogens with zero attached hydrogens (tertiary/aromatic N) is 1. The van der Waals surface area contributed by atoms with E-state index in [2.05, 4.69) is 5.32 Å². The van der Waals surface area contributed by atoms with Crippen molar-refractivity contribution in [1.29, 1.82) is 0 Å². The fourth-order valence-electron chi connectivity index (χ4n) is 1.76. The number of urea groups is 1. The van der Waals surface area contributed by atoms with E-state index in [1.54, 1.807) is 18.2 Å². The van der Waals surface area contributed by atoms with Crippen LogP contribution in [0.4, 0.5) is 10.5 Å². The summed E-state index contributed by atoms with van der Waals surface area (Å²) in [6, 6.07) is 3.55. The minimum Gasteiger partial charge on any atom is -0.497 e. The molecular formula is C12H13ClN2O4S. The molecule has 8 heteroatoms. The number of benzene rings is 1. The summed E-state index contributed by atoms with van der Waals surface area (Å²) in [5.74, 6) is 0.260. The Morgan fingerprint density at radius 3 is 2.95 bits per heavy atom. The van der Waals surface area contributed by atoms with Gasteiger partial charge in [-0.2, -0.15) is 0 Å². The van der Waals surface area contributed by atoms with Gasteiger partial charge in [0.05, 0.1) is 23.7 Å². The first-order chi connectivity index (χ1) is 9.52. The zero-order valence-corrected chi connectivity index (χ0v) is 12.2. The Labute approximate surface area is 125 Å². The number of carboxylic acids is 1. The van der Waals surface area contributed by atoms with E-state index in [0.29, 0.717) is 28.1 Å². The van der Waals surface area contributed by atoms with Crippen LogP contribution in [-0.4, -0.2) is 46.8 Å². The largest absolute Gasteiger partial charge is 0.497 e. The summed E-state index contributed by atoms with van der Waals surface area (Å²) in [5.41, 5.74) is 0.386. The first-order valence-corrected chi connectivity index (χ1v) is 7.28. The number of anilines is 1. The van der Waals surface area contributed by atoms with E-state index in [-0.39, 0.29) is 0 Å². The predicted octanol–water partition coefficient (Wildman–Crippen LogP) is 2.34. The highest BCUT2D eigenvalue weighted by Gasteiger charge is 2.34. The third-order valence-corrected chi connectivity index (χ3v) is 4.19. The Balaban J connectivity index is 2.13. The summed E-state index contributed by atoms with van der Waals surface area (Å²) in [7, 11) is 1.51. The van der Waals surface area contributed by atoms with E-state index in [0.717, 1.165) is 0 Å².